The lowest BCUT2D eigenvalue weighted by Gasteiger charge is -2.09. The first-order chi connectivity index (χ1) is 10.3. The molecule has 108 valence electrons. The van der Waals surface area contributed by atoms with Gasteiger partial charge >= 0.3 is 5.97 Å². The van der Waals surface area contributed by atoms with E-state index < -0.39 is 5.97 Å². The second-order valence-electron chi connectivity index (χ2n) is 4.51. The molecule has 0 bridgehead atoms. The molecule has 0 heterocycles. The van der Waals surface area contributed by atoms with E-state index in [1.807, 2.05) is 37.3 Å². The van der Waals surface area contributed by atoms with Gasteiger partial charge in [-0.25, -0.2) is 4.79 Å². The van der Waals surface area contributed by atoms with Gasteiger partial charge in [0.2, 0.25) is 0 Å². The Morgan fingerprint density at radius 1 is 1.00 bits per heavy atom. The summed E-state index contributed by atoms with van der Waals surface area (Å²) in [4.78, 5) is 11.7. The fraction of sp³-hybridized carbons (Fsp3) is 0.167. The molecule has 3 heteroatoms. The van der Waals surface area contributed by atoms with Crippen molar-refractivity contribution in [2.45, 2.75) is 6.92 Å². The lowest BCUT2D eigenvalue weighted by atomic mass is 9.97. The first kappa shape index (κ1) is 15.0. The van der Waals surface area contributed by atoms with Crippen LogP contribution in [0.4, 0.5) is 0 Å². The van der Waals surface area contributed by atoms with Crippen LogP contribution in [0, 0.1) is 0 Å². The maximum atomic E-state index is 11.7. The number of esters is 1. The molecule has 0 aliphatic rings. The minimum absolute atomic E-state index is 0.0186. The van der Waals surface area contributed by atoms with Crippen molar-refractivity contribution in [2.75, 3.05) is 13.2 Å². The molecule has 0 radical (unpaired) electrons. The first-order valence-corrected chi connectivity index (χ1v) is 6.86. The summed E-state index contributed by atoms with van der Waals surface area (Å²) >= 11 is 0. The summed E-state index contributed by atoms with van der Waals surface area (Å²) < 4.78 is 4.88. The second kappa shape index (κ2) is 7.41. The molecule has 21 heavy (non-hydrogen) atoms. The molecule has 0 atom stereocenters. The van der Waals surface area contributed by atoms with Crippen LogP contribution < -0.4 is 0 Å². The normalized spacial score (nSPS) is 11.2. The van der Waals surface area contributed by atoms with Crippen LogP contribution in [0.5, 0.6) is 0 Å². The maximum Gasteiger partial charge on any atom is 0.338 e. The molecule has 2 aromatic carbocycles. The fourth-order valence-electron chi connectivity index (χ4n) is 2.13. The molecule has 0 saturated carbocycles. The van der Waals surface area contributed by atoms with Gasteiger partial charge in [-0.2, -0.15) is 0 Å². The van der Waals surface area contributed by atoms with E-state index in [-0.39, 0.29) is 13.2 Å². The van der Waals surface area contributed by atoms with Crippen molar-refractivity contribution in [2.24, 2.45) is 0 Å². The Bertz CT molecular complexity index is 613. The number of aliphatic hydroxyl groups is 1. The number of hydrogen-bond donors (Lipinski definition) is 1. The van der Waals surface area contributed by atoms with Crippen LogP contribution in [0.1, 0.15) is 28.4 Å². The summed E-state index contributed by atoms with van der Waals surface area (Å²) in [6.45, 7) is 1.84. The predicted octanol–water partition coefficient (Wildman–Crippen LogP) is 3.29. The van der Waals surface area contributed by atoms with Gasteiger partial charge in [0, 0.05) is 0 Å². The van der Waals surface area contributed by atoms with E-state index in [2.05, 4.69) is 18.2 Å². The molecule has 0 unspecified atom stereocenters. The lowest BCUT2D eigenvalue weighted by Crippen LogP contribution is -2.08. The van der Waals surface area contributed by atoms with Crippen LogP contribution in [0.3, 0.4) is 0 Å². The molecule has 2 rings (SSSR count). The van der Waals surface area contributed by atoms with Gasteiger partial charge in [-0.15, -0.1) is 0 Å². The Labute approximate surface area is 124 Å². The van der Waals surface area contributed by atoms with Crippen molar-refractivity contribution in [3.05, 3.63) is 77.4 Å². The molecule has 0 aromatic heterocycles. The third-order valence-electron chi connectivity index (χ3n) is 3.13. The molecule has 0 spiro atoms. The second-order valence-corrected chi connectivity index (χ2v) is 4.51. The Morgan fingerprint density at radius 2 is 1.57 bits per heavy atom. The number of carbonyl (C=O) groups excluding carboxylic acids is 1. The van der Waals surface area contributed by atoms with Crippen LogP contribution in [0.25, 0.3) is 5.57 Å². The highest BCUT2D eigenvalue weighted by Crippen LogP contribution is 2.23. The van der Waals surface area contributed by atoms with Crippen LogP contribution >= 0.6 is 0 Å². The maximum absolute atomic E-state index is 11.7. The van der Waals surface area contributed by atoms with Crippen molar-refractivity contribution in [1.29, 1.82) is 0 Å². The van der Waals surface area contributed by atoms with E-state index in [1.165, 1.54) is 0 Å². The van der Waals surface area contributed by atoms with Crippen molar-refractivity contribution in [3.63, 3.8) is 0 Å². The number of hydrogen-bond acceptors (Lipinski definition) is 3. The van der Waals surface area contributed by atoms with Gasteiger partial charge in [0.25, 0.3) is 0 Å². The Morgan fingerprint density at radius 3 is 2.14 bits per heavy atom. The van der Waals surface area contributed by atoms with Crippen molar-refractivity contribution in [3.8, 4) is 0 Å². The molecule has 0 aliphatic heterocycles. The predicted molar refractivity (Wildman–Crippen MR) is 83.0 cm³/mol. The molecule has 1 N–H and O–H groups in total. The van der Waals surface area contributed by atoms with E-state index in [4.69, 9.17) is 9.84 Å². The summed E-state index contributed by atoms with van der Waals surface area (Å²) in [6.07, 6.45) is 2.05. The zero-order valence-electron chi connectivity index (χ0n) is 12.0. The van der Waals surface area contributed by atoms with Crippen LogP contribution in [0.15, 0.2) is 60.7 Å². The van der Waals surface area contributed by atoms with E-state index >= 15 is 0 Å². The average Bonchev–Trinajstić information content (AvgIpc) is 2.55. The van der Waals surface area contributed by atoms with E-state index in [1.54, 1.807) is 12.1 Å². The van der Waals surface area contributed by atoms with Gasteiger partial charge in [-0.3, -0.25) is 0 Å². The van der Waals surface area contributed by atoms with Gasteiger partial charge in [-0.1, -0.05) is 48.5 Å². The number of aliphatic hydroxyl groups excluding tert-OH is 1. The monoisotopic (exact) mass is 282 g/mol. The van der Waals surface area contributed by atoms with Gasteiger partial charge in [0.15, 0.2) is 0 Å². The molecule has 2 aromatic rings. The summed E-state index contributed by atoms with van der Waals surface area (Å²) in [5, 5.41) is 8.65. The summed E-state index contributed by atoms with van der Waals surface area (Å²) in [5.41, 5.74) is 3.78. The molecule has 3 nitrogen and oxygen atoms in total. The molecule has 0 saturated heterocycles. The Kier molecular flexibility index (Phi) is 5.29. The smallest absolute Gasteiger partial charge is 0.338 e. The number of carbonyl (C=O) groups is 1. The SMILES string of the molecule is CC=C(c1ccccc1)c1ccc(C(=O)OCCO)cc1. The summed E-state index contributed by atoms with van der Waals surface area (Å²) in [5.74, 6) is -0.419. The molecule has 0 fully saturated rings. The zero-order chi connectivity index (χ0) is 15.1. The summed E-state index contributed by atoms with van der Waals surface area (Å²) in [6, 6.07) is 17.4. The van der Waals surface area contributed by atoms with Crippen LogP contribution in [-0.4, -0.2) is 24.3 Å². The minimum atomic E-state index is -0.419. The van der Waals surface area contributed by atoms with Crippen LogP contribution in [-0.2, 0) is 4.74 Å². The van der Waals surface area contributed by atoms with Gasteiger partial charge in [-0.05, 0) is 35.8 Å². The molecular weight excluding hydrogens is 264 g/mol. The third-order valence-corrected chi connectivity index (χ3v) is 3.13. The standard InChI is InChI=1S/C18H18O3/c1-2-17(14-6-4-3-5-7-14)15-8-10-16(11-9-15)18(20)21-13-12-19/h2-11,19H,12-13H2,1H3. The van der Waals surface area contributed by atoms with E-state index in [0.717, 1.165) is 16.7 Å². The minimum Gasteiger partial charge on any atom is -0.460 e. The van der Waals surface area contributed by atoms with Crippen molar-refractivity contribution >= 4 is 11.5 Å². The first-order valence-electron chi connectivity index (χ1n) is 6.86. The van der Waals surface area contributed by atoms with Crippen molar-refractivity contribution in [1.82, 2.24) is 0 Å². The molecule has 0 amide bonds. The summed E-state index contributed by atoms with van der Waals surface area (Å²) in [7, 11) is 0. The molecular formula is C18H18O3. The number of ether oxygens (including phenoxy) is 1. The van der Waals surface area contributed by atoms with Crippen LogP contribution in [0.2, 0.25) is 0 Å². The van der Waals surface area contributed by atoms with Gasteiger partial charge < -0.3 is 9.84 Å². The quantitative estimate of drug-likeness (QED) is 0.856. The largest absolute Gasteiger partial charge is 0.460 e. The third kappa shape index (κ3) is 3.80. The topological polar surface area (TPSA) is 46.5 Å². The highest BCUT2D eigenvalue weighted by Gasteiger charge is 2.08. The Hall–Kier alpha value is -2.39. The Balaban J connectivity index is 2.20. The van der Waals surface area contributed by atoms with E-state index in [9.17, 15) is 4.79 Å². The highest BCUT2D eigenvalue weighted by molar-refractivity contribution is 5.90. The van der Waals surface area contributed by atoms with Crippen molar-refractivity contribution < 1.29 is 14.6 Å². The zero-order valence-corrected chi connectivity index (χ0v) is 12.0. The van der Waals surface area contributed by atoms with E-state index in [0.29, 0.717) is 5.56 Å². The van der Waals surface area contributed by atoms with Gasteiger partial charge in [0.05, 0.1) is 12.2 Å². The molecule has 0 aliphatic carbocycles. The average molecular weight is 282 g/mol. The fourth-order valence-corrected chi connectivity index (χ4v) is 2.13. The number of rotatable bonds is 5. The number of allylic oxidation sites excluding steroid dienone is 1. The van der Waals surface area contributed by atoms with Gasteiger partial charge in [0.1, 0.15) is 6.61 Å². The lowest BCUT2D eigenvalue weighted by molar-refractivity contribution is 0.0434. The highest BCUT2D eigenvalue weighted by atomic mass is 16.5. The number of benzene rings is 2.